The molecule has 0 saturated carbocycles. The number of hydrogen-bond donors (Lipinski definition) is 3. The fourth-order valence-corrected chi connectivity index (χ4v) is 4.35. The maximum absolute atomic E-state index is 13.3. The molecule has 2 amide bonds. The summed E-state index contributed by atoms with van der Waals surface area (Å²) >= 11 is 0. The molecule has 0 bridgehead atoms. The summed E-state index contributed by atoms with van der Waals surface area (Å²) < 4.78 is 0. The van der Waals surface area contributed by atoms with E-state index in [1.807, 2.05) is 80.5 Å². The maximum Gasteiger partial charge on any atom is 0.255 e. The van der Waals surface area contributed by atoms with Gasteiger partial charge >= 0.3 is 0 Å². The first kappa shape index (κ1) is 26.8. The highest BCUT2D eigenvalue weighted by Gasteiger charge is 2.20. The van der Waals surface area contributed by atoms with Crippen molar-refractivity contribution in [2.24, 2.45) is 0 Å². The van der Waals surface area contributed by atoms with E-state index in [0.29, 0.717) is 16.9 Å². The number of aryl methyl sites for hydroxylation is 1. The van der Waals surface area contributed by atoms with Gasteiger partial charge in [0.1, 0.15) is 0 Å². The summed E-state index contributed by atoms with van der Waals surface area (Å²) in [4.78, 5) is 35.9. The second kappa shape index (κ2) is 10.6. The lowest BCUT2D eigenvalue weighted by Crippen LogP contribution is -2.28. The lowest BCUT2D eigenvalue weighted by atomic mass is 9.85. The van der Waals surface area contributed by atoms with Crippen molar-refractivity contribution in [2.45, 2.75) is 33.1 Å². The van der Waals surface area contributed by atoms with E-state index in [1.54, 1.807) is 6.20 Å². The Labute approximate surface area is 223 Å². The van der Waals surface area contributed by atoms with Crippen LogP contribution in [0.25, 0.3) is 22.0 Å². The van der Waals surface area contributed by atoms with E-state index in [0.717, 1.165) is 33.2 Å². The number of carbonyl (C=O) groups is 2. The summed E-state index contributed by atoms with van der Waals surface area (Å²) in [5.74, 6) is -0.121. The second-order valence-corrected chi connectivity index (χ2v) is 10.8. The molecule has 196 valence electrons. The van der Waals surface area contributed by atoms with Crippen molar-refractivity contribution in [1.29, 1.82) is 0 Å². The molecule has 0 atom stereocenters. The molecule has 0 unspecified atom stereocenters. The Morgan fingerprint density at radius 3 is 2.45 bits per heavy atom. The van der Waals surface area contributed by atoms with Crippen LogP contribution in [-0.2, 0) is 10.2 Å². The molecule has 8 heteroatoms. The maximum atomic E-state index is 13.3. The first-order chi connectivity index (χ1) is 17.9. The molecule has 4 rings (SSSR count). The number of nitrogens with two attached hydrogens (primary N) is 1. The van der Waals surface area contributed by atoms with Crippen molar-refractivity contribution in [2.75, 3.05) is 37.0 Å². The average molecular weight is 511 g/mol. The largest absolute Gasteiger partial charge is 0.368 e. The van der Waals surface area contributed by atoms with Gasteiger partial charge in [0.05, 0.1) is 12.1 Å². The Bertz CT molecular complexity index is 1520. The van der Waals surface area contributed by atoms with Gasteiger partial charge in [-0.3, -0.25) is 9.59 Å². The number of nitrogens with zero attached hydrogens (tertiary/aromatic N) is 3. The number of benzene rings is 3. The molecule has 1 heterocycles. The number of carbonyl (C=O) groups excluding carboxylic acids is 2. The third kappa shape index (κ3) is 6.15. The highest BCUT2D eigenvalue weighted by molar-refractivity contribution is 6.06. The quantitative estimate of drug-likeness (QED) is 0.327. The van der Waals surface area contributed by atoms with Gasteiger partial charge in [-0.2, -0.15) is 0 Å². The minimum atomic E-state index is -0.239. The third-order valence-corrected chi connectivity index (χ3v) is 6.23. The molecule has 3 aromatic carbocycles. The predicted octanol–water partition coefficient (Wildman–Crippen LogP) is 5.24. The second-order valence-electron chi connectivity index (χ2n) is 10.8. The summed E-state index contributed by atoms with van der Waals surface area (Å²) in [5.41, 5.74) is 12.0. The van der Waals surface area contributed by atoms with Crippen LogP contribution in [0.15, 0.2) is 60.8 Å². The topological polar surface area (TPSA) is 113 Å². The highest BCUT2D eigenvalue weighted by atomic mass is 16.2. The van der Waals surface area contributed by atoms with Crippen LogP contribution in [0.3, 0.4) is 0 Å². The van der Waals surface area contributed by atoms with Crippen molar-refractivity contribution in [3.63, 3.8) is 0 Å². The Balaban J connectivity index is 1.62. The number of nitrogens with one attached hydrogen (secondary N) is 2. The van der Waals surface area contributed by atoms with E-state index in [4.69, 9.17) is 5.73 Å². The first-order valence-corrected chi connectivity index (χ1v) is 12.4. The lowest BCUT2D eigenvalue weighted by Gasteiger charge is -2.24. The number of aromatic nitrogens is 2. The van der Waals surface area contributed by atoms with Crippen LogP contribution in [-0.4, -0.2) is 47.3 Å². The molecule has 0 radical (unpaired) electrons. The molecule has 0 saturated heterocycles. The van der Waals surface area contributed by atoms with E-state index in [2.05, 4.69) is 41.4 Å². The van der Waals surface area contributed by atoms with Gasteiger partial charge < -0.3 is 21.3 Å². The molecule has 4 N–H and O–H groups in total. The number of amides is 2. The van der Waals surface area contributed by atoms with Crippen LogP contribution < -0.4 is 16.4 Å². The van der Waals surface area contributed by atoms with Gasteiger partial charge in [0.15, 0.2) is 0 Å². The van der Waals surface area contributed by atoms with Gasteiger partial charge in [-0.15, -0.1) is 0 Å². The average Bonchev–Trinajstić information content (AvgIpc) is 2.83. The van der Waals surface area contributed by atoms with Crippen LogP contribution in [0.4, 0.5) is 17.3 Å². The summed E-state index contributed by atoms with van der Waals surface area (Å²) in [5, 5.41) is 6.87. The zero-order valence-corrected chi connectivity index (χ0v) is 22.7. The van der Waals surface area contributed by atoms with Crippen LogP contribution in [0, 0.1) is 6.92 Å². The van der Waals surface area contributed by atoms with Gasteiger partial charge in [-0.05, 0) is 85.1 Å². The van der Waals surface area contributed by atoms with Crippen LogP contribution in [0.1, 0.15) is 42.3 Å². The van der Waals surface area contributed by atoms with Gasteiger partial charge in [0, 0.05) is 28.5 Å². The number of fused-ring (bicyclic) bond motifs is 1. The van der Waals surface area contributed by atoms with Crippen molar-refractivity contribution >= 4 is 40.0 Å². The van der Waals surface area contributed by atoms with Crippen molar-refractivity contribution in [3.05, 3.63) is 77.5 Å². The van der Waals surface area contributed by atoms with E-state index < -0.39 is 0 Å². The van der Waals surface area contributed by atoms with E-state index >= 15 is 0 Å². The van der Waals surface area contributed by atoms with E-state index in [9.17, 15) is 9.59 Å². The fourth-order valence-electron chi connectivity index (χ4n) is 4.35. The third-order valence-electron chi connectivity index (χ3n) is 6.23. The normalized spacial score (nSPS) is 11.6. The minimum absolute atomic E-state index is 0.115. The summed E-state index contributed by atoms with van der Waals surface area (Å²) in [6.07, 6.45) is 1.70. The SMILES string of the molecule is Cc1ccc(C(=O)Nc2ccc(C(C)(C)C)c(NC(=O)CN(C)C)c2)cc1-c1ccc2nc(N)ncc2c1. The zero-order chi connectivity index (χ0) is 27.6. The van der Waals surface area contributed by atoms with Crippen molar-refractivity contribution in [1.82, 2.24) is 14.9 Å². The molecule has 1 aromatic heterocycles. The summed E-state index contributed by atoms with van der Waals surface area (Å²) in [7, 11) is 3.69. The molecule has 0 spiro atoms. The van der Waals surface area contributed by atoms with Crippen LogP contribution in [0.2, 0.25) is 0 Å². The molecule has 0 aliphatic rings. The lowest BCUT2D eigenvalue weighted by molar-refractivity contribution is -0.116. The van der Waals surface area contributed by atoms with Crippen LogP contribution in [0.5, 0.6) is 0 Å². The highest BCUT2D eigenvalue weighted by Crippen LogP contribution is 2.32. The minimum Gasteiger partial charge on any atom is -0.368 e. The van der Waals surface area contributed by atoms with Crippen molar-refractivity contribution < 1.29 is 9.59 Å². The fraction of sp³-hybridized carbons (Fsp3) is 0.267. The number of anilines is 3. The standard InChI is InChI=1S/C30H34N6O2/c1-18-7-8-20(14-23(18)19-9-12-25-21(13-19)16-32-29(31)35-25)28(38)33-22-10-11-24(30(2,3)4)26(15-22)34-27(37)17-36(5)6/h7-16H,17H2,1-6H3,(H,33,38)(H,34,37)(H2,31,32,35). The number of rotatable bonds is 6. The number of hydrogen-bond acceptors (Lipinski definition) is 6. The monoisotopic (exact) mass is 510 g/mol. The molecular weight excluding hydrogens is 476 g/mol. The summed E-state index contributed by atoms with van der Waals surface area (Å²) in [6.45, 7) is 8.53. The van der Waals surface area contributed by atoms with Gasteiger partial charge in [-0.1, -0.05) is 39.0 Å². The predicted molar refractivity (Wildman–Crippen MR) is 154 cm³/mol. The molecule has 0 aliphatic heterocycles. The molecule has 0 aliphatic carbocycles. The Morgan fingerprint density at radius 1 is 0.974 bits per heavy atom. The smallest absolute Gasteiger partial charge is 0.255 e. The molecular formula is C30H34N6O2. The van der Waals surface area contributed by atoms with Crippen molar-refractivity contribution in [3.8, 4) is 11.1 Å². The first-order valence-electron chi connectivity index (χ1n) is 12.4. The molecule has 0 fully saturated rings. The Kier molecular flexibility index (Phi) is 7.46. The Hall–Kier alpha value is -4.30. The van der Waals surface area contributed by atoms with E-state index in [-0.39, 0.29) is 29.7 Å². The van der Waals surface area contributed by atoms with Crippen LogP contribution >= 0.6 is 0 Å². The van der Waals surface area contributed by atoms with Gasteiger partial charge in [0.2, 0.25) is 11.9 Å². The summed E-state index contributed by atoms with van der Waals surface area (Å²) in [6, 6.07) is 17.1. The van der Waals surface area contributed by atoms with E-state index in [1.165, 1.54) is 0 Å². The number of nitrogen functional groups attached to an aromatic ring is 1. The van der Waals surface area contributed by atoms with Gasteiger partial charge in [-0.25, -0.2) is 9.97 Å². The zero-order valence-electron chi connectivity index (χ0n) is 22.7. The number of likely N-dealkylation sites (N-methyl/N-ethyl adjacent to an activating group) is 1. The molecule has 8 nitrogen and oxygen atoms in total. The molecule has 4 aromatic rings. The molecule has 38 heavy (non-hydrogen) atoms. The van der Waals surface area contributed by atoms with Gasteiger partial charge in [0.25, 0.3) is 5.91 Å². The Morgan fingerprint density at radius 2 is 1.74 bits per heavy atom.